The molecule has 0 spiro atoms. The van der Waals surface area contributed by atoms with Crippen molar-refractivity contribution in [3.05, 3.63) is 65.2 Å². The molecule has 5 nitrogen and oxygen atoms in total. The molecule has 2 aromatic carbocycles. The van der Waals surface area contributed by atoms with Crippen molar-refractivity contribution in [1.82, 2.24) is 5.32 Å². The van der Waals surface area contributed by atoms with Gasteiger partial charge in [-0.1, -0.05) is 31.2 Å². The van der Waals surface area contributed by atoms with E-state index in [9.17, 15) is 13.2 Å². The summed E-state index contributed by atoms with van der Waals surface area (Å²) in [5.74, 6) is -0.466. The Morgan fingerprint density at radius 3 is 2.12 bits per heavy atom. The number of benzene rings is 2. The van der Waals surface area contributed by atoms with Crippen LogP contribution < -0.4 is 5.32 Å². The summed E-state index contributed by atoms with van der Waals surface area (Å²) in [6.07, 6.45) is 0.924. The molecule has 2 N–H and O–H groups in total. The van der Waals surface area contributed by atoms with E-state index in [4.69, 9.17) is 5.11 Å². The maximum Gasteiger partial charge on any atom is 0.251 e. The predicted octanol–water partition coefficient (Wildman–Crippen LogP) is 1.95. The van der Waals surface area contributed by atoms with Gasteiger partial charge in [0.05, 0.1) is 17.3 Å². The summed E-state index contributed by atoms with van der Waals surface area (Å²) in [4.78, 5) is 12.3. The maximum atomic E-state index is 12.1. The van der Waals surface area contributed by atoms with Crippen LogP contribution in [0.2, 0.25) is 0 Å². The second-order valence-corrected chi connectivity index (χ2v) is 7.53. The van der Waals surface area contributed by atoms with Crippen molar-refractivity contribution in [3.8, 4) is 0 Å². The molecule has 0 aliphatic carbocycles. The standard InChI is InChI=1S/C18H21NO4S/c1-2-14-3-7-16(8-4-14)18(21)19-13-15-5-9-17(10-6-15)24(22,23)12-11-20/h3-10,20H,2,11-13H2,1H3,(H,19,21). The lowest BCUT2D eigenvalue weighted by Crippen LogP contribution is -2.22. The van der Waals surface area contributed by atoms with Crippen LogP contribution in [-0.4, -0.2) is 31.8 Å². The quantitative estimate of drug-likeness (QED) is 0.802. The van der Waals surface area contributed by atoms with Crippen LogP contribution in [0.25, 0.3) is 0 Å². The lowest BCUT2D eigenvalue weighted by Gasteiger charge is -2.07. The normalized spacial score (nSPS) is 11.2. The third-order valence-corrected chi connectivity index (χ3v) is 5.43. The number of rotatable bonds is 7. The van der Waals surface area contributed by atoms with Crippen molar-refractivity contribution in [2.45, 2.75) is 24.8 Å². The summed E-state index contributed by atoms with van der Waals surface area (Å²) in [5.41, 5.74) is 2.57. The molecule has 6 heteroatoms. The molecule has 0 aliphatic rings. The molecular weight excluding hydrogens is 326 g/mol. The highest BCUT2D eigenvalue weighted by atomic mass is 32.2. The number of carbonyl (C=O) groups excluding carboxylic acids is 1. The Bertz CT molecular complexity index is 781. The number of carbonyl (C=O) groups is 1. The third kappa shape index (κ3) is 4.66. The Labute approximate surface area is 142 Å². The summed E-state index contributed by atoms with van der Waals surface area (Å²) in [6.45, 7) is 1.96. The van der Waals surface area contributed by atoms with Crippen molar-refractivity contribution in [2.75, 3.05) is 12.4 Å². The van der Waals surface area contributed by atoms with Crippen LogP contribution in [0.1, 0.15) is 28.4 Å². The summed E-state index contributed by atoms with van der Waals surface area (Å²) >= 11 is 0. The molecule has 128 valence electrons. The second kappa shape index (κ2) is 8.08. The molecule has 0 fully saturated rings. The van der Waals surface area contributed by atoms with E-state index in [1.165, 1.54) is 17.7 Å². The number of aliphatic hydroxyl groups excluding tert-OH is 1. The molecule has 2 aromatic rings. The van der Waals surface area contributed by atoms with E-state index in [1.807, 2.05) is 12.1 Å². The van der Waals surface area contributed by atoms with Crippen LogP contribution in [0.4, 0.5) is 0 Å². The average molecular weight is 347 g/mol. The van der Waals surface area contributed by atoms with E-state index in [-0.39, 0.29) is 16.6 Å². The zero-order valence-corrected chi connectivity index (χ0v) is 14.3. The fourth-order valence-corrected chi connectivity index (χ4v) is 3.26. The minimum Gasteiger partial charge on any atom is -0.395 e. The van der Waals surface area contributed by atoms with Gasteiger partial charge in [-0.15, -0.1) is 0 Å². The number of aliphatic hydroxyl groups is 1. The highest BCUT2D eigenvalue weighted by Gasteiger charge is 2.13. The molecule has 24 heavy (non-hydrogen) atoms. The molecule has 0 aromatic heterocycles. The SMILES string of the molecule is CCc1ccc(C(=O)NCc2ccc(S(=O)(=O)CCO)cc2)cc1. The molecular formula is C18H21NO4S. The molecule has 2 rings (SSSR count). The summed E-state index contributed by atoms with van der Waals surface area (Å²) in [7, 11) is -3.45. The highest BCUT2D eigenvalue weighted by Crippen LogP contribution is 2.12. The van der Waals surface area contributed by atoms with E-state index in [1.54, 1.807) is 24.3 Å². The third-order valence-electron chi connectivity index (χ3n) is 3.72. The number of hydrogen-bond acceptors (Lipinski definition) is 4. The topological polar surface area (TPSA) is 83.5 Å². The Morgan fingerprint density at radius 2 is 1.58 bits per heavy atom. The van der Waals surface area contributed by atoms with Gasteiger partial charge in [-0.3, -0.25) is 4.79 Å². The lowest BCUT2D eigenvalue weighted by molar-refractivity contribution is 0.0951. The van der Waals surface area contributed by atoms with Crippen LogP contribution in [-0.2, 0) is 22.8 Å². The highest BCUT2D eigenvalue weighted by molar-refractivity contribution is 7.91. The van der Waals surface area contributed by atoms with Crippen molar-refractivity contribution >= 4 is 15.7 Å². The van der Waals surface area contributed by atoms with Gasteiger partial charge in [-0.05, 0) is 41.8 Å². The fraction of sp³-hybridized carbons (Fsp3) is 0.278. The second-order valence-electron chi connectivity index (χ2n) is 5.42. The number of aryl methyl sites for hydroxylation is 1. The van der Waals surface area contributed by atoms with Gasteiger partial charge in [0.15, 0.2) is 9.84 Å². The Balaban J connectivity index is 1.97. The number of amides is 1. The molecule has 0 radical (unpaired) electrons. The van der Waals surface area contributed by atoms with Gasteiger partial charge >= 0.3 is 0 Å². The average Bonchev–Trinajstić information content (AvgIpc) is 2.60. The van der Waals surface area contributed by atoms with Gasteiger partial charge in [0.25, 0.3) is 5.91 Å². The van der Waals surface area contributed by atoms with E-state index >= 15 is 0 Å². The van der Waals surface area contributed by atoms with Crippen LogP contribution in [0.15, 0.2) is 53.4 Å². The molecule has 0 heterocycles. The van der Waals surface area contributed by atoms with Crippen molar-refractivity contribution < 1.29 is 18.3 Å². The molecule has 0 aliphatic heterocycles. The molecule has 0 unspecified atom stereocenters. The van der Waals surface area contributed by atoms with Gasteiger partial charge in [-0.25, -0.2) is 8.42 Å². The van der Waals surface area contributed by atoms with Crippen LogP contribution in [0.5, 0.6) is 0 Å². The smallest absolute Gasteiger partial charge is 0.251 e. The predicted molar refractivity (Wildman–Crippen MR) is 92.6 cm³/mol. The van der Waals surface area contributed by atoms with Gasteiger partial charge < -0.3 is 10.4 Å². The minimum atomic E-state index is -3.45. The Morgan fingerprint density at radius 1 is 1.00 bits per heavy atom. The number of hydrogen-bond donors (Lipinski definition) is 2. The molecule has 1 amide bonds. The first-order chi connectivity index (χ1) is 11.5. The molecule has 0 bridgehead atoms. The van der Waals surface area contributed by atoms with Gasteiger partial charge in [0.1, 0.15) is 0 Å². The van der Waals surface area contributed by atoms with Crippen LogP contribution in [0, 0.1) is 0 Å². The van der Waals surface area contributed by atoms with E-state index in [2.05, 4.69) is 12.2 Å². The summed E-state index contributed by atoms with van der Waals surface area (Å²) < 4.78 is 23.6. The van der Waals surface area contributed by atoms with Crippen LogP contribution in [0.3, 0.4) is 0 Å². The fourth-order valence-electron chi connectivity index (χ4n) is 2.23. The monoisotopic (exact) mass is 347 g/mol. The Hall–Kier alpha value is -2.18. The largest absolute Gasteiger partial charge is 0.395 e. The first-order valence-corrected chi connectivity index (χ1v) is 9.41. The molecule has 0 atom stereocenters. The molecule has 0 saturated heterocycles. The Kier molecular flexibility index (Phi) is 6.11. The van der Waals surface area contributed by atoms with E-state index in [0.717, 1.165) is 12.0 Å². The van der Waals surface area contributed by atoms with E-state index in [0.29, 0.717) is 12.1 Å². The van der Waals surface area contributed by atoms with Gasteiger partial charge in [-0.2, -0.15) is 0 Å². The minimum absolute atomic E-state index is 0.168. The zero-order valence-electron chi connectivity index (χ0n) is 13.5. The first-order valence-electron chi connectivity index (χ1n) is 7.76. The lowest BCUT2D eigenvalue weighted by atomic mass is 10.1. The van der Waals surface area contributed by atoms with Crippen molar-refractivity contribution in [3.63, 3.8) is 0 Å². The van der Waals surface area contributed by atoms with Gasteiger partial charge in [0, 0.05) is 12.1 Å². The summed E-state index contributed by atoms with van der Waals surface area (Å²) in [5, 5.41) is 11.6. The van der Waals surface area contributed by atoms with E-state index < -0.39 is 16.4 Å². The number of nitrogens with one attached hydrogen (secondary N) is 1. The van der Waals surface area contributed by atoms with Crippen molar-refractivity contribution in [2.24, 2.45) is 0 Å². The van der Waals surface area contributed by atoms with Crippen molar-refractivity contribution in [1.29, 1.82) is 0 Å². The first kappa shape index (κ1) is 18.2. The van der Waals surface area contributed by atoms with Gasteiger partial charge in [0.2, 0.25) is 0 Å². The number of sulfone groups is 1. The zero-order chi connectivity index (χ0) is 17.6. The molecule has 0 saturated carbocycles. The maximum absolute atomic E-state index is 12.1. The summed E-state index contributed by atoms with van der Waals surface area (Å²) in [6, 6.07) is 13.7. The van der Waals surface area contributed by atoms with Crippen LogP contribution >= 0.6 is 0 Å².